The third kappa shape index (κ3) is 7.88. The number of rotatable bonds is 8. The first-order valence-corrected chi connectivity index (χ1v) is 23.7. The van der Waals surface area contributed by atoms with Crippen LogP contribution in [0.3, 0.4) is 0 Å². The van der Waals surface area contributed by atoms with Crippen molar-refractivity contribution in [2.24, 2.45) is 11.8 Å². The van der Waals surface area contributed by atoms with Crippen molar-refractivity contribution in [3.63, 3.8) is 0 Å². The molecular formula is C45H44Br2N8O3S2. The van der Waals surface area contributed by atoms with Crippen LogP contribution in [-0.4, -0.2) is 101 Å². The summed E-state index contributed by atoms with van der Waals surface area (Å²) < 4.78 is 14.6. The molecule has 308 valence electrons. The molecule has 8 heterocycles. The summed E-state index contributed by atoms with van der Waals surface area (Å²) in [5.74, 6) is 2.12. The molecule has 0 bridgehead atoms. The zero-order chi connectivity index (χ0) is 40.9. The minimum absolute atomic E-state index is 0.00724. The Labute approximate surface area is 374 Å². The summed E-state index contributed by atoms with van der Waals surface area (Å²) in [5.41, 5.74) is 7.36. The smallest absolute Gasteiger partial charge is 0.143 e. The molecular weight excluding hydrogens is 924 g/mol. The van der Waals surface area contributed by atoms with Crippen LogP contribution < -0.4 is 19.3 Å². The fourth-order valence-corrected chi connectivity index (χ4v) is 12.0. The third-order valence-electron chi connectivity index (χ3n) is 12.4. The number of carbonyl (C=O) groups is 1. The lowest BCUT2D eigenvalue weighted by atomic mass is 9.79. The first-order chi connectivity index (χ1) is 29.3. The van der Waals surface area contributed by atoms with Gasteiger partial charge in [0.1, 0.15) is 30.5 Å². The molecule has 4 aliphatic heterocycles. The van der Waals surface area contributed by atoms with Gasteiger partial charge >= 0.3 is 0 Å². The number of ether oxygens (including phenoxy) is 2. The fraction of sp³-hybridized carbons (Fsp3) is 0.356. The van der Waals surface area contributed by atoms with E-state index < -0.39 is 0 Å². The van der Waals surface area contributed by atoms with Gasteiger partial charge in [-0.25, -0.2) is 9.97 Å². The van der Waals surface area contributed by atoms with Crippen molar-refractivity contribution in [1.82, 2.24) is 29.7 Å². The number of ketones is 1. The number of carbonyl (C=O) groups excluding carboxylic acids is 1. The average Bonchev–Trinajstić information content (AvgIpc) is 3.94. The molecule has 6 aromatic rings. The molecule has 0 amide bonds. The first kappa shape index (κ1) is 39.9. The monoisotopic (exact) mass is 966 g/mol. The quantitative estimate of drug-likeness (QED) is 0.146. The van der Waals surface area contributed by atoms with Gasteiger partial charge < -0.3 is 19.3 Å². The predicted octanol–water partition coefficient (Wildman–Crippen LogP) is 9.59. The standard InChI is InChI=1S/C45H44Br2N8O3S2/c1-52-9-7-29(17-43(52)54-11-13-57-39-15-27(3-5-37(39)54)33-21-48-23-35(50-33)41-19-31(46)25-59-41)45(56)30-8-10-53(2)44(18-30)55-12-14-58-40-16-28(4-6-38(40)55)34-22-49-24-36(51-34)42-20-32(47)26-60-42/h3-6,15-16,19-26,29-30,43-44H,7-14,17-18H2,1-2H3. The number of benzene rings is 2. The largest absolute Gasteiger partial charge is 0.490 e. The molecule has 10 rings (SSSR count). The number of Topliss-reactive ketones (excluding diaryl/α,β-unsaturated/α-hetero) is 1. The van der Waals surface area contributed by atoms with E-state index in [4.69, 9.17) is 19.4 Å². The molecule has 0 spiro atoms. The second-order valence-corrected chi connectivity index (χ2v) is 19.7. The molecule has 0 radical (unpaired) electrons. The van der Waals surface area contributed by atoms with Crippen LogP contribution >= 0.6 is 54.5 Å². The van der Waals surface area contributed by atoms with Crippen LogP contribution in [0.15, 0.2) is 93.0 Å². The van der Waals surface area contributed by atoms with Gasteiger partial charge in [-0.1, -0.05) is 12.1 Å². The zero-order valence-corrected chi connectivity index (χ0v) is 38.1. The van der Waals surface area contributed by atoms with Gasteiger partial charge in [0.2, 0.25) is 0 Å². The summed E-state index contributed by atoms with van der Waals surface area (Å²) in [6, 6.07) is 16.8. The SMILES string of the molecule is CN1CCC(C(=O)C2CCN(C)C(N3CCOc4cc(-c5cncc(-c6cc(Br)cs6)n5)ccc43)C2)CC1N1CCOc2cc(-c3cncc(-c4cc(Br)cs4)n3)ccc21. The highest BCUT2D eigenvalue weighted by atomic mass is 79.9. The van der Waals surface area contributed by atoms with Crippen LogP contribution in [0.1, 0.15) is 25.7 Å². The molecule has 2 fully saturated rings. The van der Waals surface area contributed by atoms with Crippen molar-refractivity contribution >= 4 is 71.7 Å². The normalized spacial score (nSPS) is 22.1. The zero-order valence-electron chi connectivity index (χ0n) is 33.3. The lowest BCUT2D eigenvalue weighted by molar-refractivity contribution is -0.131. The van der Waals surface area contributed by atoms with Crippen molar-refractivity contribution in [3.05, 3.63) is 93.0 Å². The van der Waals surface area contributed by atoms with E-state index in [0.717, 1.165) is 127 Å². The van der Waals surface area contributed by atoms with Crippen LogP contribution in [0.4, 0.5) is 11.4 Å². The Morgan fingerprint density at radius 1 is 0.633 bits per heavy atom. The van der Waals surface area contributed by atoms with E-state index >= 15 is 0 Å². The summed E-state index contributed by atoms with van der Waals surface area (Å²) >= 11 is 10.4. The molecule has 4 aliphatic rings. The van der Waals surface area contributed by atoms with E-state index in [1.54, 1.807) is 35.1 Å². The maximum atomic E-state index is 14.6. The Bertz CT molecular complexity index is 2380. The van der Waals surface area contributed by atoms with E-state index in [9.17, 15) is 4.79 Å². The van der Waals surface area contributed by atoms with Crippen LogP contribution in [0.5, 0.6) is 11.5 Å². The number of likely N-dealkylation sites (tertiary alicyclic amines) is 2. The fourth-order valence-electron chi connectivity index (χ4n) is 9.26. The molecule has 60 heavy (non-hydrogen) atoms. The van der Waals surface area contributed by atoms with Gasteiger partial charge in [-0.2, -0.15) is 0 Å². The van der Waals surface area contributed by atoms with Crippen LogP contribution in [0, 0.1) is 11.8 Å². The summed E-state index contributed by atoms with van der Waals surface area (Å²) in [6.07, 6.45) is 10.8. The van der Waals surface area contributed by atoms with Gasteiger partial charge in [0.15, 0.2) is 0 Å². The molecule has 2 saturated heterocycles. The third-order valence-corrected chi connectivity index (χ3v) is 15.8. The molecule has 0 saturated carbocycles. The summed E-state index contributed by atoms with van der Waals surface area (Å²) in [6.45, 7) is 4.45. The molecule has 4 aromatic heterocycles. The molecule has 15 heteroatoms. The van der Waals surface area contributed by atoms with Crippen LogP contribution in [0.2, 0.25) is 0 Å². The van der Waals surface area contributed by atoms with E-state index in [2.05, 4.69) is 135 Å². The van der Waals surface area contributed by atoms with Gasteiger partial charge in [0, 0.05) is 55.8 Å². The number of hydrogen-bond donors (Lipinski definition) is 0. The van der Waals surface area contributed by atoms with Crippen molar-refractivity contribution in [1.29, 1.82) is 0 Å². The Morgan fingerprint density at radius 3 is 1.52 bits per heavy atom. The topological polar surface area (TPSA) is 100 Å². The highest BCUT2D eigenvalue weighted by Gasteiger charge is 2.42. The minimum atomic E-state index is 0.00724. The van der Waals surface area contributed by atoms with E-state index in [1.165, 1.54) is 0 Å². The second kappa shape index (κ2) is 16.9. The van der Waals surface area contributed by atoms with Crippen molar-refractivity contribution in [2.45, 2.75) is 38.0 Å². The number of hydrogen-bond acceptors (Lipinski definition) is 13. The molecule has 4 unspecified atom stereocenters. The molecule has 11 nitrogen and oxygen atoms in total. The maximum absolute atomic E-state index is 14.6. The Hall–Kier alpha value is -4.25. The average molecular weight is 969 g/mol. The van der Waals surface area contributed by atoms with E-state index in [-0.39, 0.29) is 24.2 Å². The molecule has 0 aliphatic carbocycles. The molecule has 0 N–H and O–H groups in total. The van der Waals surface area contributed by atoms with Crippen LogP contribution in [0.25, 0.3) is 43.7 Å². The van der Waals surface area contributed by atoms with E-state index in [0.29, 0.717) is 19.0 Å². The van der Waals surface area contributed by atoms with Crippen molar-refractivity contribution < 1.29 is 14.3 Å². The van der Waals surface area contributed by atoms with Gasteiger partial charge in [0.25, 0.3) is 0 Å². The predicted molar refractivity (Wildman–Crippen MR) is 246 cm³/mol. The number of thiophene rings is 2. The second-order valence-electron chi connectivity index (χ2n) is 16.1. The number of fused-ring (bicyclic) bond motifs is 2. The summed E-state index contributed by atoms with van der Waals surface area (Å²) in [7, 11) is 4.38. The number of anilines is 2. The Morgan fingerprint density at radius 2 is 1.08 bits per heavy atom. The number of nitrogens with zero attached hydrogens (tertiary/aromatic N) is 8. The number of piperidine rings is 2. The molecule has 2 aromatic carbocycles. The summed E-state index contributed by atoms with van der Waals surface area (Å²) in [5, 5.41) is 4.11. The van der Waals surface area contributed by atoms with Gasteiger partial charge in [-0.15, -0.1) is 22.7 Å². The lowest BCUT2D eigenvalue weighted by Crippen LogP contribution is -2.56. The van der Waals surface area contributed by atoms with Crippen molar-refractivity contribution in [3.8, 4) is 55.2 Å². The minimum Gasteiger partial charge on any atom is -0.490 e. The maximum Gasteiger partial charge on any atom is 0.143 e. The first-order valence-electron chi connectivity index (χ1n) is 20.4. The Kier molecular flexibility index (Phi) is 11.2. The van der Waals surface area contributed by atoms with Gasteiger partial charge in [-0.05, 0) is 108 Å². The van der Waals surface area contributed by atoms with Gasteiger partial charge in [-0.3, -0.25) is 24.6 Å². The number of halogens is 2. The Balaban J connectivity index is 0.836. The van der Waals surface area contributed by atoms with Gasteiger partial charge in [0.05, 0.1) is 94.1 Å². The summed E-state index contributed by atoms with van der Waals surface area (Å²) in [4.78, 5) is 45.4. The number of aromatic nitrogens is 4. The van der Waals surface area contributed by atoms with E-state index in [1.807, 2.05) is 12.4 Å². The highest BCUT2D eigenvalue weighted by Crippen LogP contribution is 2.43. The highest BCUT2D eigenvalue weighted by molar-refractivity contribution is 9.10. The van der Waals surface area contributed by atoms with Crippen LogP contribution in [-0.2, 0) is 4.79 Å². The lowest BCUT2D eigenvalue weighted by Gasteiger charge is -2.48. The van der Waals surface area contributed by atoms with Crippen molar-refractivity contribution in [2.75, 3.05) is 63.3 Å². The molecule has 4 atom stereocenters.